The summed E-state index contributed by atoms with van der Waals surface area (Å²) in [4.78, 5) is 31.4. The Hall–Kier alpha value is -3.07. The van der Waals surface area contributed by atoms with Crippen LogP contribution in [0.15, 0.2) is 30.5 Å². The minimum absolute atomic E-state index is 0.0505. The van der Waals surface area contributed by atoms with Crippen LogP contribution in [0.1, 0.15) is 39.2 Å². The number of rotatable bonds is 5. The minimum atomic E-state index is -1.15. The van der Waals surface area contributed by atoms with Gasteiger partial charge in [0.25, 0.3) is 0 Å². The lowest BCUT2D eigenvalue weighted by Crippen LogP contribution is -2.53. The lowest BCUT2D eigenvalue weighted by atomic mass is 9.91. The van der Waals surface area contributed by atoms with Gasteiger partial charge in [0.1, 0.15) is 5.60 Å². The molecule has 0 saturated carbocycles. The van der Waals surface area contributed by atoms with Crippen LogP contribution < -0.4 is 10.7 Å². The van der Waals surface area contributed by atoms with Gasteiger partial charge in [-0.3, -0.25) is 9.69 Å². The Labute approximate surface area is 182 Å². The molecule has 0 atom stereocenters. The first kappa shape index (κ1) is 22.6. The van der Waals surface area contributed by atoms with Crippen LogP contribution in [0, 0.1) is 6.92 Å². The van der Waals surface area contributed by atoms with E-state index in [1.54, 1.807) is 4.90 Å². The average molecular weight is 430 g/mol. The van der Waals surface area contributed by atoms with Crippen LogP contribution in [0.2, 0.25) is 0 Å². The fraction of sp³-hybridized carbons (Fsp3) is 0.500. The molecule has 3 rings (SSSR count). The number of benzene rings is 1. The molecule has 168 valence electrons. The predicted molar refractivity (Wildman–Crippen MR) is 118 cm³/mol. The summed E-state index contributed by atoms with van der Waals surface area (Å²) >= 11 is 0. The van der Waals surface area contributed by atoms with Gasteiger partial charge in [0, 0.05) is 18.7 Å². The Morgan fingerprint density at radius 2 is 1.90 bits per heavy atom. The van der Waals surface area contributed by atoms with Gasteiger partial charge in [-0.25, -0.2) is 14.5 Å². The monoisotopic (exact) mass is 429 g/mol. The number of nitrogens with zero attached hydrogens (tertiary/aromatic N) is 4. The van der Waals surface area contributed by atoms with Crippen LogP contribution in [-0.2, 0) is 9.53 Å². The second kappa shape index (κ2) is 8.58. The molecule has 1 aliphatic rings. The molecule has 9 nitrogen and oxygen atoms in total. The zero-order valence-electron chi connectivity index (χ0n) is 18.5. The highest BCUT2D eigenvalue weighted by molar-refractivity contribution is 5.75. The van der Waals surface area contributed by atoms with Gasteiger partial charge in [0.2, 0.25) is 6.41 Å². The number of nitrogen functional groups attached to an aromatic ring is 1. The molecule has 2 aromatic rings. The Kier molecular flexibility index (Phi) is 6.26. The fourth-order valence-electron chi connectivity index (χ4n) is 3.56. The van der Waals surface area contributed by atoms with Gasteiger partial charge in [-0.15, -0.1) is 0 Å². The summed E-state index contributed by atoms with van der Waals surface area (Å²) in [7, 11) is 0. The number of ether oxygens (including phenoxy) is 1. The number of carbonyl (C=O) groups excluding carboxylic acids is 2. The second-order valence-corrected chi connectivity index (χ2v) is 9.10. The average Bonchev–Trinajstić information content (AvgIpc) is 3.07. The van der Waals surface area contributed by atoms with E-state index in [1.807, 2.05) is 52.0 Å². The smallest absolute Gasteiger partial charge is 0.410 e. The summed E-state index contributed by atoms with van der Waals surface area (Å²) in [6.07, 6.45) is 2.39. The molecular weight excluding hydrogens is 398 g/mol. The van der Waals surface area contributed by atoms with Crippen LogP contribution in [0.25, 0.3) is 11.4 Å². The van der Waals surface area contributed by atoms with Gasteiger partial charge in [0.05, 0.1) is 18.3 Å². The summed E-state index contributed by atoms with van der Waals surface area (Å²) in [5.41, 5.74) is 0.227. The maximum Gasteiger partial charge on any atom is 0.410 e. The number of aromatic nitrogens is 2. The van der Waals surface area contributed by atoms with Gasteiger partial charge in [-0.05, 0) is 40.5 Å². The largest absolute Gasteiger partial charge is 0.444 e. The van der Waals surface area contributed by atoms with Gasteiger partial charge >= 0.3 is 6.09 Å². The molecule has 0 radical (unpaired) electrons. The number of hydrogen-bond donors (Lipinski definition) is 2. The van der Waals surface area contributed by atoms with Crippen LogP contribution >= 0.6 is 0 Å². The zero-order chi connectivity index (χ0) is 22.8. The van der Waals surface area contributed by atoms with E-state index in [0.717, 1.165) is 11.1 Å². The van der Waals surface area contributed by atoms with Crippen molar-refractivity contribution in [1.29, 1.82) is 0 Å². The van der Waals surface area contributed by atoms with Gasteiger partial charge in [-0.2, -0.15) is 0 Å². The van der Waals surface area contributed by atoms with Crippen molar-refractivity contribution < 1.29 is 19.4 Å². The van der Waals surface area contributed by atoms with Gasteiger partial charge in [-0.1, -0.05) is 29.8 Å². The van der Waals surface area contributed by atoms with Crippen LogP contribution in [0.3, 0.4) is 0 Å². The van der Waals surface area contributed by atoms with E-state index in [-0.39, 0.29) is 6.54 Å². The molecule has 0 spiro atoms. The standard InChI is InChI=1S/C22H31N5O4/c1-16-5-7-17(8-6-16)19-24-13-18(27(19)23)26(15-28)14-22(30)9-11-25(12-10-22)20(29)31-21(2,3)4/h5-8,13,15,30H,9-12,14,23H2,1-4H3. The highest BCUT2D eigenvalue weighted by Gasteiger charge is 2.37. The Bertz CT molecular complexity index is 924. The van der Waals surface area contributed by atoms with Crippen LogP contribution in [0.4, 0.5) is 10.6 Å². The number of amides is 2. The molecule has 2 heterocycles. The SMILES string of the molecule is Cc1ccc(-c2ncc(N(C=O)CC3(O)CCN(C(=O)OC(C)(C)C)CC3)n2N)cc1. The molecule has 31 heavy (non-hydrogen) atoms. The number of anilines is 1. The van der Waals surface area contributed by atoms with Crippen LogP contribution in [-0.4, -0.2) is 63.0 Å². The number of carbonyl (C=O) groups is 2. The summed E-state index contributed by atoms with van der Waals surface area (Å²) in [5.74, 6) is 7.13. The number of nitrogens with two attached hydrogens (primary N) is 1. The van der Waals surface area contributed by atoms with E-state index in [4.69, 9.17) is 10.6 Å². The van der Waals surface area contributed by atoms with Crippen molar-refractivity contribution >= 4 is 18.3 Å². The Morgan fingerprint density at radius 1 is 1.29 bits per heavy atom. The molecule has 2 amide bonds. The number of hydrogen-bond acceptors (Lipinski definition) is 6. The number of likely N-dealkylation sites (tertiary alicyclic amines) is 1. The lowest BCUT2D eigenvalue weighted by molar-refractivity contribution is -0.108. The third-order valence-corrected chi connectivity index (χ3v) is 5.32. The van der Waals surface area contributed by atoms with E-state index in [9.17, 15) is 14.7 Å². The third-order valence-electron chi connectivity index (χ3n) is 5.32. The number of aryl methyl sites for hydroxylation is 1. The quantitative estimate of drug-likeness (QED) is 0.557. The van der Waals surface area contributed by atoms with Crippen molar-refractivity contribution in [3.8, 4) is 11.4 Å². The molecule has 1 aromatic carbocycles. The molecule has 1 fully saturated rings. The summed E-state index contributed by atoms with van der Waals surface area (Å²) in [6.45, 7) is 8.17. The van der Waals surface area contributed by atoms with Crippen LogP contribution in [0.5, 0.6) is 0 Å². The molecule has 3 N–H and O–H groups in total. The maximum atomic E-state index is 12.3. The van der Waals surface area contributed by atoms with Crippen molar-refractivity contribution in [2.45, 2.75) is 51.7 Å². The summed E-state index contributed by atoms with van der Waals surface area (Å²) in [6, 6.07) is 7.75. The summed E-state index contributed by atoms with van der Waals surface area (Å²) in [5, 5.41) is 11.1. The first-order valence-corrected chi connectivity index (χ1v) is 10.3. The normalized spacial score (nSPS) is 16.1. The van der Waals surface area contributed by atoms with E-state index in [2.05, 4.69) is 4.98 Å². The van der Waals surface area contributed by atoms with Gasteiger partial charge < -0.3 is 20.6 Å². The van der Waals surface area contributed by atoms with E-state index < -0.39 is 17.3 Å². The summed E-state index contributed by atoms with van der Waals surface area (Å²) < 4.78 is 6.74. The van der Waals surface area contributed by atoms with Crippen molar-refractivity contribution in [2.75, 3.05) is 30.4 Å². The number of piperidine rings is 1. The fourth-order valence-corrected chi connectivity index (χ4v) is 3.56. The van der Waals surface area contributed by atoms with E-state index in [1.165, 1.54) is 15.8 Å². The Balaban J connectivity index is 1.68. The highest BCUT2D eigenvalue weighted by Crippen LogP contribution is 2.28. The zero-order valence-corrected chi connectivity index (χ0v) is 18.5. The van der Waals surface area contributed by atoms with Crippen molar-refractivity contribution in [3.63, 3.8) is 0 Å². The number of imidazole rings is 1. The van der Waals surface area contributed by atoms with E-state index >= 15 is 0 Å². The lowest BCUT2D eigenvalue weighted by Gasteiger charge is -2.40. The van der Waals surface area contributed by atoms with Crippen molar-refractivity contribution in [3.05, 3.63) is 36.0 Å². The topological polar surface area (TPSA) is 114 Å². The first-order chi connectivity index (χ1) is 14.5. The van der Waals surface area contributed by atoms with Gasteiger partial charge in [0.15, 0.2) is 11.6 Å². The highest BCUT2D eigenvalue weighted by atomic mass is 16.6. The molecule has 1 saturated heterocycles. The predicted octanol–water partition coefficient (Wildman–Crippen LogP) is 2.30. The number of aliphatic hydroxyl groups is 1. The van der Waals surface area contributed by atoms with Crippen molar-refractivity contribution in [2.24, 2.45) is 0 Å². The minimum Gasteiger partial charge on any atom is -0.444 e. The van der Waals surface area contributed by atoms with Crippen molar-refractivity contribution in [1.82, 2.24) is 14.6 Å². The molecule has 1 aliphatic heterocycles. The third kappa shape index (κ3) is 5.35. The Morgan fingerprint density at radius 3 is 2.45 bits per heavy atom. The molecule has 9 heteroatoms. The molecule has 0 bridgehead atoms. The molecule has 0 aliphatic carbocycles. The molecular formula is C22H31N5O4. The first-order valence-electron chi connectivity index (χ1n) is 10.3. The molecule has 1 aromatic heterocycles. The second-order valence-electron chi connectivity index (χ2n) is 9.10. The van der Waals surface area contributed by atoms with E-state index in [0.29, 0.717) is 44.0 Å². The molecule has 0 unspecified atom stereocenters. The maximum absolute atomic E-state index is 12.3.